The van der Waals surface area contributed by atoms with Crippen LogP contribution in [0.2, 0.25) is 0 Å². The van der Waals surface area contributed by atoms with Crippen molar-refractivity contribution in [3.05, 3.63) is 66.9 Å². The van der Waals surface area contributed by atoms with E-state index in [0.717, 1.165) is 11.1 Å². The molecule has 4 rings (SSSR count). The first-order valence-corrected chi connectivity index (χ1v) is 14.3. The minimum Gasteiger partial charge on any atom is -0.542 e. The summed E-state index contributed by atoms with van der Waals surface area (Å²) in [5.74, 6) is -3.16. The van der Waals surface area contributed by atoms with Gasteiger partial charge in [-0.1, -0.05) is 34.1 Å². The summed E-state index contributed by atoms with van der Waals surface area (Å²) in [6.45, 7) is 1.43. The Morgan fingerprint density at radius 3 is 2.64 bits per heavy atom. The Hall–Kier alpha value is -3.28. The normalized spacial score (nSPS) is 23.4. The van der Waals surface area contributed by atoms with E-state index in [1.54, 1.807) is 6.07 Å². The molecule has 4 N–H and O–H groups in total. The van der Waals surface area contributed by atoms with Crippen molar-refractivity contribution in [3.63, 3.8) is 0 Å². The summed E-state index contributed by atoms with van der Waals surface area (Å²) in [5.41, 5.74) is 3.96. The van der Waals surface area contributed by atoms with Crippen LogP contribution in [0.5, 0.6) is 5.75 Å². The fourth-order valence-corrected chi connectivity index (χ4v) is 5.32. The highest BCUT2D eigenvalue weighted by Crippen LogP contribution is 2.55. The van der Waals surface area contributed by atoms with E-state index in [1.165, 1.54) is 21.8 Å². The van der Waals surface area contributed by atoms with Gasteiger partial charge >= 0.3 is 25.7 Å². The number of carboxylic acid groups (broad SMARTS) is 1. The number of fused-ring (bicyclic) bond motifs is 1. The molecule has 14 nitrogen and oxygen atoms in total. The number of aliphatic carboxylic acids is 1. The van der Waals surface area contributed by atoms with Crippen molar-refractivity contribution >= 4 is 41.8 Å². The van der Waals surface area contributed by atoms with E-state index in [4.69, 9.17) is 32.9 Å². The first-order chi connectivity index (χ1) is 19.7. The van der Waals surface area contributed by atoms with Crippen LogP contribution in [-0.4, -0.2) is 53.0 Å². The molecule has 42 heavy (non-hydrogen) atoms. The molecule has 3 heterocycles. The number of hydrogen-bond acceptors (Lipinski definition) is 11. The average Bonchev–Trinajstić information content (AvgIpc) is 3.31. The second-order valence-corrected chi connectivity index (χ2v) is 10.8. The SMILES string of the molecule is Cc1cccc2c1OP(=O)(OC[C@H]1O[C@@H](n3cc(/C=C/Br)c(=O)[nH]c3=O)C[C@@H]1OC(=O)C[NH3+])OC2.O=C([O-])C(F)(F)F. The van der Waals surface area contributed by atoms with Gasteiger partial charge in [-0.3, -0.25) is 23.4 Å². The number of esters is 1. The van der Waals surface area contributed by atoms with E-state index in [1.807, 2.05) is 19.1 Å². The van der Waals surface area contributed by atoms with Gasteiger partial charge in [-0.05, 0) is 23.5 Å². The fraction of sp³-hybridized carbons (Fsp3) is 0.391. The van der Waals surface area contributed by atoms with E-state index in [0.29, 0.717) is 5.75 Å². The van der Waals surface area contributed by atoms with Crippen molar-refractivity contribution < 1.29 is 61.2 Å². The van der Waals surface area contributed by atoms with Gasteiger partial charge in [0.25, 0.3) is 5.56 Å². The maximum atomic E-state index is 13.1. The van der Waals surface area contributed by atoms with Crippen molar-refractivity contribution in [1.29, 1.82) is 0 Å². The monoisotopic (exact) mass is 685 g/mol. The number of halogens is 4. The third-order valence-corrected chi connectivity index (χ3v) is 7.30. The summed E-state index contributed by atoms with van der Waals surface area (Å²) in [7, 11) is -3.98. The predicted molar refractivity (Wildman–Crippen MR) is 137 cm³/mol. The summed E-state index contributed by atoms with van der Waals surface area (Å²) >= 11 is 3.10. The minimum absolute atomic E-state index is 0.0407. The summed E-state index contributed by atoms with van der Waals surface area (Å²) in [4.78, 5) is 48.8. The number of hydrogen-bond donors (Lipinski definition) is 2. The molecule has 1 saturated heterocycles. The molecule has 1 aromatic heterocycles. The van der Waals surface area contributed by atoms with Gasteiger partial charge in [0.05, 0.1) is 18.8 Å². The molecule has 2 aliphatic heterocycles. The Bertz CT molecular complexity index is 1510. The number of benzene rings is 1. The van der Waals surface area contributed by atoms with E-state index in [9.17, 15) is 32.1 Å². The molecule has 230 valence electrons. The number of aromatic amines is 1. The molecule has 0 bridgehead atoms. The predicted octanol–water partition coefficient (Wildman–Crippen LogP) is 0.684. The van der Waals surface area contributed by atoms with Gasteiger partial charge in [0.1, 0.15) is 30.2 Å². The van der Waals surface area contributed by atoms with Gasteiger partial charge < -0.3 is 29.6 Å². The van der Waals surface area contributed by atoms with Crippen LogP contribution in [0.4, 0.5) is 13.2 Å². The number of ether oxygens (including phenoxy) is 2. The number of carboxylic acids is 1. The van der Waals surface area contributed by atoms with Crippen LogP contribution < -0.4 is 26.6 Å². The lowest BCUT2D eigenvalue weighted by molar-refractivity contribution is -0.360. The number of phosphoric ester groups is 1. The molecule has 2 aromatic rings. The Morgan fingerprint density at radius 1 is 1.33 bits per heavy atom. The Labute approximate surface area is 242 Å². The van der Waals surface area contributed by atoms with Crippen molar-refractivity contribution in [1.82, 2.24) is 9.55 Å². The second kappa shape index (κ2) is 13.8. The first-order valence-electron chi connectivity index (χ1n) is 11.9. The lowest BCUT2D eigenvalue weighted by atomic mass is 10.1. The molecular weight excluding hydrogens is 662 g/mol. The third-order valence-electron chi connectivity index (χ3n) is 5.72. The summed E-state index contributed by atoms with van der Waals surface area (Å²) in [5, 5.41) is 8.78. The second-order valence-electron chi connectivity index (χ2n) is 8.64. The molecule has 2 aliphatic rings. The molecule has 0 amide bonds. The number of quaternary nitrogens is 1. The number of aryl methyl sites for hydroxylation is 1. The summed E-state index contributed by atoms with van der Waals surface area (Å²) in [6, 6.07) is 5.45. The Kier molecular flexibility index (Phi) is 10.9. The Balaban J connectivity index is 0.000000616. The highest BCUT2D eigenvalue weighted by Gasteiger charge is 2.43. The maximum absolute atomic E-state index is 13.1. The number of carbonyl (C=O) groups is 2. The van der Waals surface area contributed by atoms with E-state index < -0.39 is 55.6 Å². The van der Waals surface area contributed by atoms with Gasteiger partial charge in [0.15, 0.2) is 6.54 Å². The molecule has 1 unspecified atom stereocenters. The van der Waals surface area contributed by atoms with Crippen LogP contribution in [0.3, 0.4) is 0 Å². The van der Waals surface area contributed by atoms with Crippen LogP contribution in [0.25, 0.3) is 6.08 Å². The van der Waals surface area contributed by atoms with Crippen LogP contribution in [0.1, 0.15) is 29.3 Å². The molecule has 0 saturated carbocycles. The molecule has 1 fully saturated rings. The summed E-state index contributed by atoms with van der Waals surface area (Å²) < 4.78 is 73.7. The number of phosphoric acid groups is 1. The van der Waals surface area contributed by atoms with Gasteiger partial charge in [0, 0.05) is 18.2 Å². The van der Waals surface area contributed by atoms with Gasteiger partial charge in [-0.25, -0.2) is 14.2 Å². The molecule has 0 spiro atoms. The van der Waals surface area contributed by atoms with Crippen molar-refractivity contribution in [2.24, 2.45) is 0 Å². The van der Waals surface area contributed by atoms with Crippen LogP contribution in [-0.2, 0) is 39.3 Å². The molecule has 19 heteroatoms. The topological polar surface area (TPSA) is 203 Å². The van der Waals surface area contributed by atoms with Crippen LogP contribution >= 0.6 is 23.8 Å². The van der Waals surface area contributed by atoms with E-state index in [2.05, 4.69) is 26.6 Å². The fourth-order valence-electron chi connectivity index (χ4n) is 3.75. The smallest absolute Gasteiger partial charge is 0.530 e. The zero-order chi connectivity index (χ0) is 31.2. The lowest BCUT2D eigenvalue weighted by Gasteiger charge is -2.27. The third kappa shape index (κ3) is 8.39. The molecule has 4 atom stereocenters. The lowest BCUT2D eigenvalue weighted by Crippen LogP contribution is -2.55. The number of aromatic nitrogens is 2. The van der Waals surface area contributed by atoms with E-state index in [-0.39, 0.29) is 31.7 Å². The summed E-state index contributed by atoms with van der Waals surface area (Å²) in [6.07, 6.45) is -4.95. The van der Waals surface area contributed by atoms with Gasteiger partial charge in [-0.2, -0.15) is 13.2 Å². The largest absolute Gasteiger partial charge is 0.542 e. The Morgan fingerprint density at radius 2 is 2.02 bits per heavy atom. The number of para-hydroxylation sites is 1. The number of nitrogens with one attached hydrogen (secondary N) is 1. The highest BCUT2D eigenvalue weighted by molar-refractivity contribution is 9.11. The van der Waals surface area contributed by atoms with E-state index >= 15 is 0 Å². The average molecular weight is 686 g/mol. The van der Waals surface area contributed by atoms with Gasteiger partial charge in [0.2, 0.25) is 0 Å². The number of rotatable bonds is 7. The van der Waals surface area contributed by atoms with Crippen LogP contribution in [0.15, 0.2) is 39.0 Å². The first kappa shape index (κ1) is 33.2. The molecule has 0 aliphatic carbocycles. The standard InChI is InChI=1S/C21H23BrN3O9P.C2HF3O2/c1-12-3-2-4-14-10-30-35(29,34-19(12)14)31-11-16-15(33-18(26)8-23)7-17(32-16)25-9-13(5-6-22)20(27)24-21(25)28;3-2(4,5)1(6)7/h2-6,9,15-17H,7-8,10-11,23H2,1H3,(H,24,27,28);(H,6,7)/b6-5+;/t15-,16+,17+,35?;/m0./s1. The zero-order valence-electron chi connectivity index (χ0n) is 21.6. The van der Waals surface area contributed by atoms with Crippen molar-refractivity contribution in [2.45, 2.75) is 44.6 Å². The minimum atomic E-state index is -5.19. The van der Waals surface area contributed by atoms with Crippen LogP contribution in [0, 0.1) is 6.92 Å². The number of nitrogens with zero attached hydrogens (tertiary/aromatic N) is 1. The number of alkyl halides is 3. The zero-order valence-corrected chi connectivity index (χ0v) is 24.1. The highest BCUT2D eigenvalue weighted by atomic mass is 79.9. The van der Waals surface area contributed by atoms with Gasteiger partial charge in [-0.15, -0.1) is 0 Å². The van der Waals surface area contributed by atoms with Crippen molar-refractivity contribution in [2.75, 3.05) is 13.2 Å². The number of carbonyl (C=O) groups excluding carboxylic acids is 2. The molecular formula is C23H24BrF3N3O11P. The van der Waals surface area contributed by atoms with Crippen molar-refractivity contribution in [3.8, 4) is 5.75 Å². The number of H-pyrrole nitrogens is 1. The molecule has 0 radical (unpaired) electrons. The molecule has 1 aromatic carbocycles. The maximum Gasteiger partial charge on any atom is 0.530 e. The quantitative estimate of drug-likeness (QED) is 0.306.